The van der Waals surface area contributed by atoms with Gasteiger partial charge >= 0.3 is 0 Å². The van der Waals surface area contributed by atoms with Crippen molar-refractivity contribution in [2.75, 3.05) is 0 Å². The van der Waals surface area contributed by atoms with E-state index in [1.165, 1.54) is 11.5 Å². The Morgan fingerprint density at radius 1 is 1.40 bits per heavy atom. The first-order valence-corrected chi connectivity index (χ1v) is 7.90. The van der Waals surface area contributed by atoms with E-state index in [-0.39, 0.29) is 6.04 Å². The molecule has 1 atom stereocenters. The average molecular weight is 331 g/mol. The van der Waals surface area contributed by atoms with Crippen molar-refractivity contribution in [1.82, 2.24) is 15.0 Å². The third kappa shape index (κ3) is 3.48. The fourth-order valence-electron chi connectivity index (χ4n) is 2.04. The van der Waals surface area contributed by atoms with Crippen molar-refractivity contribution < 1.29 is 0 Å². The lowest BCUT2D eigenvalue weighted by molar-refractivity contribution is 0.554. The maximum atomic E-state index is 6.23. The molecule has 0 spiro atoms. The molecular formula is C13H16Cl2N4S. The third-order valence-electron chi connectivity index (χ3n) is 3.05. The largest absolute Gasteiger partial charge is 0.271 e. The highest BCUT2D eigenvalue weighted by Crippen LogP contribution is 2.30. The lowest BCUT2D eigenvalue weighted by atomic mass is 10.0. The molecule has 7 heteroatoms. The molecule has 0 saturated heterocycles. The van der Waals surface area contributed by atoms with E-state index in [1.807, 2.05) is 12.1 Å². The Labute approximate surface area is 132 Å². The van der Waals surface area contributed by atoms with Crippen molar-refractivity contribution in [3.63, 3.8) is 0 Å². The van der Waals surface area contributed by atoms with Gasteiger partial charge in [0.25, 0.3) is 0 Å². The second-order valence-corrected chi connectivity index (χ2v) is 6.04. The predicted octanol–water partition coefficient (Wildman–Crippen LogP) is 3.54. The molecule has 1 unspecified atom stereocenters. The third-order valence-corrected chi connectivity index (χ3v) is 4.78. The number of hydrogen-bond donors (Lipinski definition) is 2. The Bertz CT molecular complexity index is 573. The van der Waals surface area contributed by atoms with Gasteiger partial charge in [-0.25, -0.2) is 0 Å². The highest BCUT2D eigenvalue weighted by Gasteiger charge is 2.19. The molecule has 0 saturated carbocycles. The monoisotopic (exact) mass is 330 g/mol. The Kier molecular flexibility index (Phi) is 5.74. The number of nitrogens with zero attached hydrogens (tertiary/aromatic N) is 2. The molecule has 2 rings (SSSR count). The van der Waals surface area contributed by atoms with Gasteiger partial charge in [-0.15, -0.1) is 5.10 Å². The Hall–Kier alpha value is -0.720. The minimum Gasteiger partial charge on any atom is -0.271 e. The summed E-state index contributed by atoms with van der Waals surface area (Å²) in [5.41, 5.74) is 4.78. The summed E-state index contributed by atoms with van der Waals surface area (Å²) in [5.74, 6) is 5.69. The van der Waals surface area contributed by atoms with Gasteiger partial charge in [0.1, 0.15) is 0 Å². The zero-order chi connectivity index (χ0) is 14.5. The zero-order valence-electron chi connectivity index (χ0n) is 11.1. The first-order valence-electron chi connectivity index (χ1n) is 6.37. The van der Waals surface area contributed by atoms with E-state index in [4.69, 9.17) is 29.0 Å². The van der Waals surface area contributed by atoms with Crippen LogP contribution in [-0.4, -0.2) is 9.59 Å². The molecule has 1 heterocycles. The van der Waals surface area contributed by atoms with E-state index in [2.05, 4.69) is 21.9 Å². The first-order chi connectivity index (χ1) is 9.67. The van der Waals surface area contributed by atoms with Crippen LogP contribution in [0.5, 0.6) is 0 Å². The number of nitrogens with one attached hydrogen (secondary N) is 1. The van der Waals surface area contributed by atoms with Crippen LogP contribution >= 0.6 is 34.7 Å². The fourth-order valence-corrected chi connectivity index (χ4v) is 3.20. The van der Waals surface area contributed by atoms with E-state index in [9.17, 15) is 0 Å². The standard InChI is InChI=1S/C13H16Cl2N4S/c1-2-4-10-13(20-19-18-10)11(17-16)7-8-5-3-6-9(14)12(8)15/h3,5-6,11,17H,2,4,7,16H2,1H3. The van der Waals surface area contributed by atoms with Crippen LogP contribution in [0.25, 0.3) is 0 Å². The molecule has 3 N–H and O–H groups in total. The lowest BCUT2D eigenvalue weighted by Crippen LogP contribution is -2.29. The van der Waals surface area contributed by atoms with Crippen LogP contribution in [0, 0.1) is 0 Å². The summed E-state index contributed by atoms with van der Waals surface area (Å²) in [6.45, 7) is 2.11. The van der Waals surface area contributed by atoms with Crippen LogP contribution in [0.1, 0.15) is 35.5 Å². The van der Waals surface area contributed by atoms with Crippen molar-refractivity contribution in [1.29, 1.82) is 0 Å². The van der Waals surface area contributed by atoms with Gasteiger partial charge in [-0.2, -0.15) is 0 Å². The van der Waals surface area contributed by atoms with Crippen molar-refractivity contribution in [2.24, 2.45) is 5.84 Å². The van der Waals surface area contributed by atoms with Crippen LogP contribution in [0.15, 0.2) is 18.2 Å². The molecule has 0 radical (unpaired) electrons. The molecule has 2 aromatic rings. The molecule has 0 fully saturated rings. The van der Waals surface area contributed by atoms with Gasteiger partial charge in [-0.05, 0) is 36.0 Å². The number of aromatic nitrogens is 2. The van der Waals surface area contributed by atoms with E-state index < -0.39 is 0 Å². The van der Waals surface area contributed by atoms with Crippen molar-refractivity contribution in [3.8, 4) is 0 Å². The highest BCUT2D eigenvalue weighted by atomic mass is 35.5. The highest BCUT2D eigenvalue weighted by molar-refractivity contribution is 7.05. The molecule has 1 aromatic heterocycles. The summed E-state index contributed by atoms with van der Waals surface area (Å²) >= 11 is 13.6. The number of hydrazine groups is 1. The molecule has 108 valence electrons. The Morgan fingerprint density at radius 3 is 2.90 bits per heavy atom. The first kappa shape index (κ1) is 15.7. The summed E-state index contributed by atoms with van der Waals surface area (Å²) in [4.78, 5) is 1.06. The van der Waals surface area contributed by atoms with Crippen molar-refractivity contribution >= 4 is 34.7 Å². The minimum absolute atomic E-state index is 0.0625. The summed E-state index contributed by atoms with van der Waals surface area (Å²) < 4.78 is 4.03. The summed E-state index contributed by atoms with van der Waals surface area (Å²) in [7, 11) is 0. The van der Waals surface area contributed by atoms with Gasteiger partial charge in [0, 0.05) is 0 Å². The van der Waals surface area contributed by atoms with Crippen molar-refractivity contribution in [3.05, 3.63) is 44.4 Å². The molecular weight excluding hydrogens is 315 g/mol. The number of aryl methyl sites for hydroxylation is 1. The molecule has 0 amide bonds. The van der Waals surface area contributed by atoms with Crippen LogP contribution in [-0.2, 0) is 12.8 Å². The summed E-state index contributed by atoms with van der Waals surface area (Å²) in [5, 5.41) is 5.30. The van der Waals surface area contributed by atoms with Crippen LogP contribution in [0.3, 0.4) is 0 Å². The fraction of sp³-hybridized carbons (Fsp3) is 0.385. The zero-order valence-corrected chi connectivity index (χ0v) is 13.4. The summed E-state index contributed by atoms with van der Waals surface area (Å²) in [6.07, 6.45) is 2.57. The number of nitrogens with two attached hydrogens (primary N) is 1. The predicted molar refractivity (Wildman–Crippen MR) is 84.1 cm³/mol. The van der Waals surface area contributed by atoms with E-state index >= 15 is 0 Å². The van der Waals surface area contributed by atoms with Crippen LogP contribution < -0.4 is 11.3 Å². The quantitative estimate of drug-likeness (QED) is 0.628. The second kappa shape index (κ2) is 7.33. The number of rotatable bonds is 6. The molecule has 0 bridgehead atoms. The van der Waals surface area contributed by atoms with Gasteiger partial charge in [-0.3, -0.25) is 11.3 Å². The van der Waals surface area contributed by atoms with Crippen LogP contribution in [0.2, 0.25) is 10.0 Å². The molecule has 1 aromatic carbocycles. The molecule has 0 aliphatic carbocycles. The van der Waals surface area contributed by atoms with Gasteiger partial charge in [-0.1, -0.05) is 53.2 Å². The summed E-state index contributed by atoms with van der Waals surface area (Å²) in [6, 6.07) is 5.55. The molecule has 20 heavy (non-hydrogen) atoms. The number of hydrogen-bond acceptors (Lipinski definition) is 5. The van der Waals surface area contributed by atoms with E-state index in [1.54, 1.807) is 6.07 Å². The molecule has 4 nitrogen and oxygen atoms in total. The van der Waals surface area contributed by atoms with Crippen LogP contribution in [0.4, 0.5) is 0 Å². The maximum absolute atomic E-state index is 6.23. The smallest absolute Gasteiger partial charge is 0.0804 e. The average Bonchev–Trinajstić information content (AvgIpc) is 2.89. The Morgan fingerprint density at radius 2 is 2.20 bits per heavy atom. The van der Waals surface area contributed by atoms with E-state index in [0.717, 1.165) is 29.0 Å². The lowest BCUT2D eigenvalue weighted by Gasteiger charge is -2.16. The van der Waals surface area contributed by atoms with Crippen molar-refractivity contribution in [2.45, 2.75) is 32.2 Å². The van der Waals surface area contributed by atoms with Gasteiger partial charge < -0.3 is 0 Å². The SMILES string of the molecule is CCCc1nnsc1C(Cc1cccc(Cl)c1Cl)NN. The normalized spacial score (nSPS) is 12.6. The maximum Gasteiger partial charge on any atom is 0.0804 e. The Balaban J connectivity index is 2.24. The minimum atomic E-state index is -0.0625. The van der Waals surface area contributed by atoms with Gasteiger partial charge in [0.2, 0.25) is 0 Å². The molecule has 0 aliphatic heterocycles. The number of halogens is 2. The van der Waals surface area contributed by atoms with Gasteiger partial charge in [0.05, 0.1) is 26.7 Å². The van der Waals surface area contributed by atoms with E-state index in [0.29, 0.717) is 16.5 Å². The molecule has 0 aliphatic rings. The second-order valence-electron chi connectivity index (χ2n) is 4.47. The topological polar surface area (TPSA) is 63.8 Å². The van der Waals surface area contributed by atoms with Gasteiger partial charge in [0.15, 0.2) is 0 Å². The number of benzene rings is 1.